The maximum Gasteiger partial charge on any atom is 0.306 e. The van der Waals surface area contributed by atoms with Crippen molar-refractivity contribution in [1.82, 2.24) is 0 Å². The summed E-state index contributed by atoms with van der Waals surface area (Å²) in [6.07, 6.45) is 54.5. The van der Waals surface area contributed by atoms with Gasteiger partial charge in [0.15, 0.2) is 6.10 Å². The van der Waals surface area contributed by atoms with Crippen molar-refractivity contribution in [3.63, 3.8) is 0 Å². The number of carbonyl (C=O) groups is 2. The van der Waals surface area contributed by atoms with Crippen LogP contribution in [0.1, 0.15) is 226 Å². The number of likely N-dealkylation sites (N-methyl/N-ethyl adjacent to an activating group) is 1. The van der Waals surface area contributed by atoms with E-state index in [4.69, 9.17) is 18.5 Å². The molecule has 0 aromatic rings. The zero-order chi connectivity index (χ0) is 46.4. The van der Waals surface area contributed by atoms with Gasteiger partial charge in [0.05, 0.1) is 27.7 Å². The molecule has 2 unspecified atom stereocenters. The standard InChI is InChI=1S/C53H98NO8P/c1-6-8-10-12-14-16-18-19-20-21-22-23-24-25-26-27-28-29-30-31-32-33-34-35-36-38-40-42-44-46-53(56)62-51(50-61-63(57,58)60-48-47-54(3,4)5)49-59-52(55)45-43-41-39-37-17-15-13-11-9-7-2/h11,13,18-19,21-22,24-25,51H,6-10,12,14-17,20,23,26-50H2,1-5H3/b13-11-,19-18-,22-21-,25-24-. The predicted molar refractivity (Wildman–Crippen MR) is 264 cm³/mol. The van der Waals surface area contributed by atoms with E-state index in [0.717, 1.165) is 77.0 Å². The summed E-state index contributed by atoms with van der Waals surface area (Å²) < 4.78 is 33.9. The second-order valence-corrected chi connectivity index (χ2v) is 19.9. The highest BCUT2D eigenvalue weighted by molar-refractivity contribution is 7.45. The molecule has 0 bridgehead atoms. The van der Waals surface area contributed by atoms with E-state index in [2.05, 4.69) is 62.5 Å². The van der Waals surface area contributed by atoms with Crippen LogP contribution in [0.25, 0.3) is 0 Å². The molecule has 10 heteroatoms. The van der Waals surface area contributed by atoms with Crippen LogP contribution in [0, 0.1) is 0 Å². The molecule has 0 spiro atoms. The fourth-order valence-electron chi connectivity index (χ4n) is 7.02. The molecule has 2 atom stereocenters. The average molecular weight is 908 g/mol. The Labute approximate surface area is 388 Å². The van der Waals surface area contributed by atoms with Crippen molar-refractivity contribution in [2.45, 2.75) is 232 Å². The first kappa shape index (κ1) is 61.0. The molecule has 0 aromatic heterocycles. The van der Waals surface area contributed by atoms with E-state index >= 15 is 0 Å². The van der Waals surface area contributed by atoms with Crippen LogP contribution in [0.5, 0.6) is 0 Å². The van der Waals surface area contributed by atoms with Gasteiger partial charge in [0.1, 0.15) is 19.8 Å². The van der Waals surface area contributed by atoms with Gasteiger partial charge < -0.3 is 27.9 Å². The zero-order valence-corrected chi connectivity index (χ0v) is 42.4. The average Bonchev–Trinajstić information content (AvgIpc) is 3.24. The Balaban J connectivity index is 4.08. The minimum Gasteiger partial charge on any atom is -0.756 e. The van der Waals surface area contributed by atoms with Gasteiger partial charge in [0, 0.05) is 12.8 Å². The number of phosphoric acid groups is 1. The van der Waals surface area contributed by atoms with E-state index in [1.54, 1.807) is 0 Å². The lowest BCUT2D eigenvalue weighted by atomic mass is 10.0. The van der Waals surface area contributed by atoms with Gasteiger partial charge in [-0.25, -0.2) is 0 Å². The Morgan fingerprint density at radius 1 is 0.492 bits per heavy atom. The zero-order valence-electron chi connectivity index (χ0n) is 41.5. The Morgan fingerprint density at radius 3 is 1.35 bits per heavy atom. The maximum atomic E-state index is 12.7. The van der Waals surface area contributed by atoms with Crippen molar-refractivity contribution >= 4 is 19.8 Å². The van der Waals surface area contributed by atoms with Crippen LogP contribution >= 0.6 is 7.82 Å². The summed E-state index contributed by atoms with van der Waals surface area (Å²) in [5.74, 6) is -0.845. The lowest BCUT2D eigenvalue weighted by Gasteiger charge is -2.28. The molecule has 9 nitrogen and oxygen atoms in total. The van der Waals surface area contributed by atoms with E-state index in [1.165, 1.54) is 116 Å². The maximum absolute atomic E-state index is 12.7. The van der Waals surface area contributed by atoms with Crippen LogP contribution in [-0.2, 0) is 32.7 Å². The molecule has 0 aliphatic heterocycles. The molecular weight excluding hydrogens is 810 g/mol. The van der Waals surface area contributed by atoms with Crippen LogP contribution in [0.4, 0.5) is 0 Å². The van der Waals surface area contributed by atoms with Gasteiger partial charge >= 0.3 is 11.9 Å². The number of quaternary nitrogens is 1. The first-order chi connectivity index (χ1) is 30.5. The van der Waals surface area contributed by atoms with E-state index < -0.39 is 32.5 Å². The van der Waals surface area contributed by atoms with E-state index in [-0.39, 0.29) is 26.1 Å². The van der Waals surface area contributed by atoms with Gasteiger partial charge in [-0.3, -0.25) is 14.2 Å². The second kappa shape index (κ2) is 45.1. The first-order valence-corrected chi connectivity index (χ1v) is 27.3. The second-order valence-electron chi connectivity index (χ2n) is 18.5. The number of rotatable bonds is 47. The number of nitrogens with zero attached hydrogens (tertiary/aromatic N) is 1. The molecule has 0 aliphatic rings. The number of hydrogen-bond acceptors (Lipinski definition) is 8. The van der Waals surface area contributed by atoms with Gasteiger partial charge in [0.2, 0.25) is 0 Å². The molecular formula is C53H98NO8P. The van der Waals surface area contributed by atoms with Gasteiger partial charge in [-0.1, -0.05) is 191 Å². The third-order valence-electron chi connectivity index (χ3n) is 11.1. The third kappa shape index (κ3) is 49.2. The summed E-state index contributed by atoms with van der Waals surface area (Å²) in [6.45, 7) is 4.15. The van der Waals surface area contributed by atoms with Gasteiger partial charge in [0.25, 0.3) is 7.82 Å². The smallest absolute Gasteiger partial charge is 0.306 e. The number of ether oxygens (including phenoxy) is 2. The van der Waals surface area contributed by atoms with Crippen molar-refractivity contribution < 1.29 is 42.1 Å². The van der Waals surface area contributed by atoms with Crippen LogP contribution in [0.15, 0.2) is 48.6 Å². The number of unbranched alkanes of at least 4 members (excludes halogenated alkanes) is 25. The molecule has 0 radical (unpaired) electrons. The van der Waals surface area contributed by atoms with Crippen molar-refractivity contribution in [2.75, 3.05) is 47.5 Å². The number of phosphoric ester groups is 1. The van der Waals surface area contributed by atoms with Gasteiger partial charge in [-0.2, -0.15) is 0 Å². The fraction of sp³-hybridized carbons (Fsp3) is 0.811. The summed E-state index contributed by atoms with van der Waals surface area (Å²) in [6, 6.07) is 0. The van der Waals surface area contributed by atoms with Crippen LogP contribution < -0.4 is 4.89 Å². The molecule has 0 N–H and O–H groups in total. The Hall–Kier alpha value is -2.03. The SMILES string of the molecule is CCC/C=C\CCCCCCCC(=O)OCC(COP(=O)([O-])OCC[N+](C)(C)C)OC(=O)CCCCCCCCCCCCCCCC/C=C\C/C=C\C/C=C\CCCCCCC. The molecule has 0 saturated heterocycles. The molecule has 0 heterocycles. The van der Waals surface area contributed by atoms with Crippen LogP contribution in [-0.4, -0.2) is 70.0 Å². The molecule has 0 fully saturated rings. The Kier molecular flexibility index (Phi) is 43.7. The number of hydrogen-bond donors (Lipinski definition) is 0. The van der Waals surface area contributed by atoms with Crippen molar-refractivity contribution in [3.05, 3.63) is 48.6 Å². The number of esters is 2. The topological polar surface area (TPSA) is 111 Å². The fourth-order valence-corrected chi connectivity index (χ4v) is 7.75. The minimum atomic E-state index is -4.63. The molecule has 0 amide bonds. The molecule has 368 valence electrons. The van der Waals surface area contributed by atoms with Crippen molar-refractivity contribution in [1.29, 1.82) is 0 Å². The van der Waals surface area contributed by atoms with Crippen molar-refractivity contribution in [3.8, 4) is 0 Å². The molecule has 0 aliphatic carbocycles. The lowest BCUT2D eigenvalue weighted by molar-refractivity contribution is -0.870. The van der Waals surface area contributed by atoms with Gasteiger partial charge in [-0.15, -0.1) is 0 Å². The summed E-state index contributed by atoms with van der Waals surface area (Å²) in [4.78, 5) is 37.6. The Bertz CT molecular complexity index is 1210. The van der Waals surface area contributed by atoms with Crippen molar-refractivity contribution in [2.24, 2.45) is 0 Å². The van der Waals surface area contributed by atoms with E-state index in [9.17, 15) is 19.0 Å². The molecule has 0 saturated carbocycles. The van der Waals surface area contributed by atoms with Gasteiger partial charge in [-0.05, 0) is 70.6 Å². The first-order valence-electron chi connectivity index (χ1n) is 25.8. The van der Waals surface area contributed by atoms with E-state index in [1.807, 2.05) is 21.1 Å². The normalized spacial score (nSPS) is 13.8. The Morgan fingerprint density at radius 2 is 0.889 bits per heavy atom. The highest BCUT2D eigenvalue weighted by atomic mass is 31.2. The summed E-state index contributed by atoms with van der Waals surface area (Å²) in [5.41, 5.74) is 0. The molecule has 0 aromatic carbocycles. The summed E-state index contributed by atoms with van der Waals surface area (Å²) in [5, 5.41) is 0. The molecule has 0 rings (SSSR count). The number of allylic oxidation sites excluding steroid dienone is 8. The summed E-state index contributed by atoms with van der Waals surface area (Å²) in [7, 11) is 1.16. The van der Waals surface area contributed by atoms with E-state index in [0.29, 0.717) is 17.4 Å². The number of carbonyl (C=O) groups excluding carboxylic acids is 2. The van der Waals surface area contributed by atoms with Crippen LogP contribution in [0.3, 0.4) is 0 Å². The molecule has 63 heavy (non-hydrogen) atoms. The van der Waals surface area contributed by atoms with Crippen LogP contribution in [0.2, 0.25) is 0 Å². The highest BCUT2D eigenvalue weighted by Gasteiger charge is 2.21. The minimum absolute atomic E-state index is 0.0326. The summed E-state index contributed by atoms with van der Waals surface area (Å²) >= 11 is 0. The third-order valence-corrected chi connectivity index (χ3v) is 12.0. The predicted octanol–water partition coefficient (Wildman–Crippen LogP) is 14.8. The lowest BCUT2D eigenvalue weighted by Crippen LogP contribution is -2.37. The monoisotopic (exact) mass is 908 g/mol. The largest absolute Gasteiger partial charge is 0.756 e. The quantitative estimate of drug-likeness (QED) is 0.0195. The highest BCUT2D eigenvalue weighted by Crippen LogP contribution is 2.38.